The molecule has 2 aromatic heterocycles. The molecule has 3 nitrogen and oxygen atoms in total. The minimum Gasteiger partial charge on any atom is -0.459 e. The van der Waals surface area contributed by atoms with Crippen molar-refractivity contribution in [2.24, 2.45) is 5.73 Å². The maximum atomic E-state index is 6.30. The molecule has 2 heterocycles. The highest BCUT2D eigenvalue weighted by Gasteiger charge is 2.15. The molecule has 1 atom stereocenters. The molecule has 0 aliphatic heterocycles. The third kappa shape index (κ3) is 2.25. The van der Waals surface area contributed by atoms with Crippen LogP contribution in [-0.2, 0) is 0 Å². The summed E-state index contributed by atoms with van der Waals surface area (Å²) in [5.41, 5.74) is 10.1. The number of nitrogens with zero attached hydrogens (tertiary/aromatic N) is 1. The molecule has 0 saturated heterocycles. The summed E-state index contributed by atoms with van der Waals surface area (Å²) in [4.78, 5) is 4.37. The molecular weight excluding hydrogens is 236 g/mol. The molecule has 1 aromatic carbocycles. The second kappa shape index (κ2) is 4.52. The van der Waals surface area contributed by atoms with Crippen LogP contribution in [0.5, 0.6) is 0 Å². The number of rotatable bonds is 2. The molecule has 3 aromatic rings. The molecule has 3 heteroatoms. The van der Waals surface area contributed by atoms with Crippen molar-refractivity contribution in [3.05, 3.63) is 65.2 Å². The molecule has 0 aliphatic carbocycles. The van der Waals surface area contributed by atoms with Crippen molar-refractivity contribution >= 4 is 11.0 Å². The van der Waals surface area contributed by atoms with Crippen LogP contribution in [0.2, 0.25) is 0 Å². The van der Waals surface area contributed by atoms with Gasteiger partial charge in [-0.05, 0) is 43.7 Å². The fraction of sp³-hybridized carbons (Fsp3) is 0.188. The van der Waals surface area contributed by atoms with Gasteiger partial charge in [-0.3, -0.25) is 4.98 Å². The minimum absolute atomic E-state index is 0.257. The van der Waals surface area contributed by atoms with Crippen LogP contribution < -0.4 is 5.73 Å². The summed E-state index contributed by atoms with van der Waals surface area (Å²) in [5, 5.41) is 1.08. The van der Waals surface area contributed by atoms with Gasteiger partial charge in [-0.15, -0.1) is 0 Å². The lowest BCUT2D eigenvalue weighted by atomic mass is 10.0. The van der Waals surface area contributed by atoms with Crippen LogP contribution >= 0.6 is 0 Å². The Balaban J connectivity index is 2.05. The summed E-state index contributed by atoms with van der Waals surface area (Å²) >= 11 is 0. The van der Waals surface area contributed by atoms with Gasteiger partial charge >= 0.3 is 0 Å². The Labute approximate surface area is 112 Å². The van der Waals surface area contributed by atoms with Crippen LogP contribution in [0, 0.1) is 13.8 Å². The number of furan rings is 1. The van der Waals surface area contributed by atoms with Crippen LogP contribution in [0.25, 0.3) is 11.0 Å². The average Bonchev–Trinajstić information content (AvgIpc) is 2.80. The van der Waals surface area contributed by atoms with Gasteiger partial charge in [-0.2, -0.15) is 0 Å². The van der Waals surface area contributed by atoms with Gasteiger partial charge < -0.3 is 10.2 Å². The molecule has 0 aliphatic rings. The van der Waals surface area contributed by atoms with E-state index in [4.69, 9.17) is 10.2 Å². The van der Waals surface area contributed by atoms with E-state index in [1.165, 1.54) is 0 Å². The van der Waals surface area contributed by atoms with Crippen LogP contribution in [0.4, 0.5) is 0 Å². The Morgan fingerprint density at radius 3 is 2.42 bits per heavy atom. The van der Waals surface area contributed by atoms with Crippen LogP contribution in [-0.4, -0.2) is 4.98 Å². The van der Waals surface area contributed by atoms with Crippen molar-refractivity contribution in [3.8, 4) is 0 Å². The summed E-state index contributed by atoms with van der Waals surface area (Å²) in [6.07, 6.45) is 0. The van der Waals surface area contributed by atoms with Crippen LogP contribution in [0.3, 0.4) is 0 Å². The van der Waals surface area contributed by atoms with E-state index in [-0.39, 0.29) is 6.04 Å². The molecule has 19 heavy (non-hydrogen) atoms. The number of aryl methyl sites for hydroxylation is 2. The quantitative estimate of drug-likeness (QED) is 0.759. The predicted octanol–water partition coefficient (Wildman–Crippen LogP) is 3.49. The fourth-order valence-electron chi connectivity index (χ4n) is 2.37. The Kier molecular flexibility index (Phi) is 2.84. The number of fused-ring (bicyclic) bond motifs is 1. The second-order valence-electron chi connectivity index (χ2n) is 4.85. The largest absolute Gasteiger partial charge is 0.459 e. The highest BCUT2D eigenvalue weighted by molar-refractivity contribution is 5.77. The average molecular weight is 252 g/mol. The lowest BCUT2D eigenvalue weighted by molar-refractivity contribution is 0.524. The number of para-hydroxylation sites is 1. The Bertz CT molecular complexity index is 677. The highest BCUT2D eigenvalue weighted by Crippen LogP contribution is 2.27. The number of hydrogen-bond donors (Lipinski definition) is 1. The first kappa shape index (κ1) is 11.9. The monoisotopic (exact) mass is 252 g/mol. The molecule has 0 saturated carbocycles. The first-order valence-corrected chi connectivity index (χ1v) is 6.33. The van der Waals surface area contributed by atoms with E-state index in [0.717, 1.165) is 33.7 Å². The topological polar surface area (TPSA) is 52.0 Å². The lowest BCUT2D eigenvalue weighted by Gasteiger charge is -2.10. The van der Waals surface area contributed by atoms with Gasteiger partial charge in [0.15, 0.2) is 0 Å². The molecule has 0 fully saturated rings. The number of hydrogen-bond acceptors (Lipinski definition) is 3. The summed E-state index contributed by atoms with van der Waals surface area (Å²) < 4.78 is 5.82. The molecule has 0 radical (unpaired) electrons. The molecular formula is C16H16N2O. The third-order valence-electron chi connectivity index (χ3n) is 3.21. The van der Waals surface area contributed by atoms with Crippen molar-refractivity contribution in [1.82, 2.24) is 4.98 Å². The highest BCUT2D eigenvalue weighted by atomic mass is 16.3. The standard InChI is InChI=1S/C16H16N2O/c1-10-7-13(8-11(2)18-10)16(17)15-9-12-5-3-4-6-14(12)19-15/h3-9,16H,17H2,1-2H3. The molecule has 3 rings (SSSR count). The van der Waals surface area contributed by atoms with E-state index in [1.807, 2.05) is 56.3 Å². The van der Waals surface area contributed by atoms with E-state index in [2.05, 4.69) is 4.98 Å². The molecule has 0 bridgehead atoms. The van der Waals surface area contributed by atoms with Gasteiger partial charge in [-0.1, -0.05) is 18.2 Å². The Hall–Kier alpha value is -2.13. The minimum atomic E-state index is -0.257. The van der Waals surface area contributed by atoms with Gasteiger partial charge in [0.25, 0.3) is 0 Å². The molecule has 0 amide bonds. The lowest BCUT2D eigenvalue weighted by Crippen LogP contribution is -2.11. The molecule has 0 spiro atoms. The maximum Gasteiger partial charge on any atom is 0.134 e. The van der Waals surface area contributed by atoms with Gasteiger partial charge in [0.1, 0.15) is 11.3 Å². The zero-order valence-electron chi connectivity index (χ0n) is 11.1. The fourth-order valence-corrected chi connectivity index (χ4v) is 2.37. The normalized spacial score (nSPS) is 12.8. The number of aromatic nitrogens is 1. The van der Waals surface area contributed by atoms with Gasteiger partial charge in [-0.25, -0.2) is 0 Å². The van der Waals surface area contributed by atoms with Gasteiger partial charge in [0.05, 0.1) is 6.04 Å². The van der Waals surface area contributed by atoms with E-state index in [1.54, 1.807) is 0 Å². The maximum absolute atomic E-state index is 6.30. The molecule has 1 unspecified atom stereocenters. The number of nitrogens with two attached hydrogens (primary N) is 1. The van der Waals surface area contributed by atoms with Gasteiger partial charge in [0, 0.05) is 16.8 Å². The zero-order chi connectivity index (χ0) is 13.4. The van der Waals surface area contributed by atoms with Crippen LogP contribution in [0.15, 0.2) is 46.9 Å². The molecule has 96 valence electrons. The van der Waals surface area contributed by atoms with E-state index < -0.39 is 0 Å². The third-order valence-corrected chi connectivity index (χ3v) is 3.21. The van der Waals surface area contributed by atoms with Crippen molar-refractivity contribution in [3.63, 3.8) is 0 Å². The SMILES string of the molecule is Cc1cc(C(N)c2cc3ccccc3o2)cc(C)n1. The van der Waals surface area contributed by atoms with E-state index >= 15 is 0 Å². The summed E-state index contributed by atoms with van der Waals surface area (Å²) in [6, 6.07) is 13.7. The van der Waals surface area contributed by atoms with Crippen LogP contribution in [0.1, 0.15) is 28.8 Å². The number of benzene rings is 1. The first-order valence-electron chi connectivity index (χ1n) is 6.33. The van der Waals surface area contributed by atoms with Crippen molar-refractivity contribution in [2.75, 3.05) is 0 Å². The zero-order valence-corrected chi connectivity index (χ0v) is 11.1. The summed E-state index contributed by atoms with van der Waals surface area (Å²) in [6.45, 7) is 3.95. The van der Waals surface area contributed by atoms with Gasteiger partial charge in [0.2, 0.25) is 0 Å². The van der Waals surface area contributed by atoms with Crippen molar-refractivity contribution < 1.29 is 4.42 Å². The van der Waals surface area contributed by atoms with E-state index in [9.17, 15) is 0 Å². The second-order valence-corrected chi connectivity index (χ2v) is 4.85. The summed E-state index contributed by atoms with van der Waals surface area (Å²) in [7, 11) is 0. The predicted molar refractivity (Wildman–Crippen MR) is 76.0 cm³/mol. The first-order chi connectivity index (χ1) is 9.13. The van der Waals surface area contributed by atoms with E-state index in [0.29, 0.717) is 0 Å². The molecule has 2 N–H and O–H groups in total. The Morgan fingerprint density at radius 1 is 1.05 bits per heavy atom. The smallest absolute Gasteiger partial charge is 0.134 e. The summed E-state index contributed by atoms with van der Waals surface area (Å²) in [5.74, 6) is 0.784. The Morgan fingerprint density at radius 2 is 1.74 bits per heavy atom. The van der Waals surface area contributed by atoms with Crippen molar-refractivity contribution in [2.45, 2.75) is 19.9 Å². The van der Waals surface area contributed by atoms with Crippen molar-refractivity contribution in [1.29, 1.82) is 0 Å². The number of pyridine rings is 1.